The monoisotopic (exact) mass is 328 g/mol. The second-order valence-corrected chi connectivity index (χ2v) is 6.67. The molecule has 1 atom stereocenters. The van der Waals surface area contributed by atoms with Gasteiger partial charge in [0.05, 0.1) is 0 Å². The Bertz CT molecular complexity index is 725. The molecule has 1 heterocycles. The van der Waals surface area contributed by atoms with Crippen molar-refractivity contribution in [1.29, 1.82) is 0 Å². The highest BCUT2D eigenvalue weighted by molar-refractivity contribution is 6.30. The van der Waals surface area contributed by atoms with Gasteiger partial charge in [0.15, 0.2) is 0 Å². The van der Waals surface area contributed by atoms with E-state index < -0.39 is 0 Å². The first-order valence-electron chi connectivity index (χ1n) is 7.93. The van der Waals surface area contributed by atoms with Crippen molar-refractivity contribution in [3.8, 4) is 11.1 Å². The summed E-state index contributed by atoms with van der Waals surface area (Å²) >= 11 is 6.06. The van der Waals surface area contributed by atoms with Crippen molar-refractivity contribution in [2.45, 2.75) is 13.8 Å². The quantitative estimate of drug-likeness (QED) is 0.886. The van der Waals surface area contributed by atoms with Crippen LogP contribution in [0.2, 0.25) is 5.02 Å². The van der Waals surface area contributed by atoms with Crippen LogP contribution in [0.5, 0.6) is 0 Å². The minimum atomic E-state index is 0.0308. The van der Waals surface area contributed by atoms with E-state index in [-0.39, 0.29) is 11.8 Å². The maximum Gasteiger partial charge on any atom is 0.227 e. The zero-order valence-electron chi connectivity index (χ0n) is 13.4. The molecule has 1 amide bonds. The van der Waals surface area contributed by atoms with Crippen molar-refractivity contribution in [2.75, 3.05) is 18.4 Å². The van der Waals surface area contributed by atoms with Crippen molar-refractivity contribution in [1.82, 2.24) is 5.32 Å². The van der Waals surface area contributed by atoms with Crippen LogP contribution in [0.1, 0.15) is 12.5 Å². The van der Waals surface area contributed by atoms with E-state index in [0.29, 0.717) is 5.92 Å². The van der Waals surface area contributed by atoms with Crippen LogP contribution in [0.15, 0.2) is 42.5 Å². The Morgan fingerprint density at radius 2 is 1.96 bits per heavy atom. The minimum absolute atomic E-state index is 0.0308. The Kier molecular flexibility index (Phi) is 4.69. The SMILES string of the molecule is Cc1cc(-c2cccc(Cl)c2)ccc1NC(=O)C(C)C1CNC1. The number of hydrogen-bond acceptors (Lipinski definition) is 2. The van der Waals surface area contributed by atoms with Crippen LogP contribution in [0.4, 0.5) is 5.69 Å². The lowest BCUT2D eigenvalue weighted by Crippen LogP contribution is -2.48. The van der Waals surface area contributed by atoms with Gasteiger partial charge in [0.1, 0.15) is 0 Å². The van der Waals surface area contributed by atoms with E-state index in [9.17, 15) is 4.79 Å². The number of benzene rings is 2. The first-order valence-corrected chi connectivity index (χ1v) is 8.30. The van der Waals surface area contributed by atoms with Crippen molar-refractivity contribution < 1.29 is 4.79 Å². The zero-order valence-corrected chi connectivity index (χ0v) is 14.2. The summed E-state index contributed by atoms with van der Waals surface area (Å²) in [5.41, 5.74) is 4.10. The summed E-state index contributed by atoms with van der Waals surface area (Å²) in [5.74, 6) is 0.569. The van der Waals surface area contributed by atoms with Gasteiger partial charge in [0.2, 0.25) is 5.91 Å². The lowest BCUT2D eigenvalue weighted by molar-refractivity contribution is -0.121. The van der Waals surface area contributed by atoms with Crippen LogP contribution < -0.4 is 10.6 Å². The fourth-order valence-corrected chi connectivity index (χ4v) is 2.97. The fraction of sp³-hybridized carbons (Fsp3) is 0.316. The summed E-state index contributed by atoms with van der Waals surface area (Å²) in [5, 5.41) is 6.99. The Labute approximate surface area is 142 Å². The highest BCUT2D eigenvalue weighted by Gasteiger charge is 2.28. The molecule has 2 N–H and O–H groups in total. The number of carbonyl (C=O) groups is 1. The summed E-state index contributed by atoms with van der Waals surface area (Å²) in [6.45, 7) is 5.87. The third-order valence-electron chi connectivity index (χ3n) is 4.58. The zero-order chi connectivity index (χ0) is 16.4. The number of amides is 1. The lowest BCUT2D eigenvalue weighted by atomic mass is 9.88. The topological polar surface area (TPSA) is 41.1 Å². The van der Waals surface area contributed by atoms with Crippen molar-refractivity contribution in [3.63, 3.8) is 0 Å². The molecule has 0 spiro atoms. The average Bonchev–Trinajstić information content (AvgIpc) is 2.47. The summed E-state index contributed by atoms with van der Waals surface area (Å²) in [4.78, 5) is 12.3. The third-order valence-corrected chi connectivity index (χ3v) is 4.81. The molecule has 0 saturated carbocycles. The first kappa shape index (κ1) is 16.0. The minimum Gasteiger partial charge on any atom is -0.326 e. The standard InChI is InChI=1S/C19H21ClN2O/c1-12-8-15(14-4-3-5-17(20)9-14)6-7-18(12)22-19(23)13(2)16-10-21-11-16/h3-9,13,16,21H,10-11H2,1-2H3,(H,22,23). The Morgan fingerprint density at radius 3 is 2.57 bits per heavy atom. The van der Waals surface area contributed by atoms with Gasteiger partial charge in [-0.05, 0) is 66.9 Å². The Morgan fingerprint density at radius 1 is 1.22 bits per heavy atom. The van der Waals surface area contributed by atoms with E-state index in [1.165, 1.54) is 0 Å². The van der Waals surface area contributed by atoms with Gasteiger partial charge in [-0.3, -0.25) is 4.79 Å². The second-order valence-electron chi connectivity index (χ2n) is 6.24. The smallest absolute Gasteiger partial charge is 0.227 e. The van der Waals surface area contributed by atoms with E-state index in [0.717, 1.165) is 40.5 Å². The van der Waals surface area contributed by atoms with E-state index in [2.05, 4.69) is 16.7 Å². The highest BCUT2D eigenvalue weighted by Crippen LogP contribution is 2.27. The summed E-state index contributed by atoms with van der Waals surface area (Å²) in [7, 11) is 0. The largest absolute Gasteiger partial charge is 0.326 e. The van der Waals surface area contributed by atoms with Crippen molar-refractivity contribution in [2.24, 2.45) is 11.8 Å². The molecular weight excluding hydrogens is 308 g/mol. The molecule has 2 aromatic rings. The van der Waals surface area contributed by atoms with E-state index in [4.69, 9.17) is 11.6 Å². The lowest BCUT2D eigenvalue weighted by Gasteiger charge is -2.31. The van der Waals surface area contributed by atoms with E-state index in [1.807, 2.05) is 50.2 Å². The number of carbonyl (C=O) groups excluding carboxylic acids is 1. The number of anilines is 1. The van der Waals surface area contributed by atoms with Gasteiger partial charge in [-0.1, -0.05) is 36.7 Å². The first-order chi connectivity index (χ1) is 11.0. The number of nitrogens with one attached hydrogen (secondary N) is 2. The molecule has 1 aliphatic heterocycles. The predicted octanol–water partition coefficient (Wildman–Crippen LogP) is 4.11. The van der Waals surface area contributed by atoms with Gasteiger partial charge in [0, 0.05) is 16.6 Å². The maximum absolute atomic E-state index is 12.3. The molecule has 120 valence electrons. The van der Waals surface area contributed by atoms with E-state index >= 15 is 0 Å². The third kappa shape index (κ3) is 3.57. The van der Waals surface area contributed by atoms with Crippen LogP contribution in [-0.2, 0) is 4.79 Å². The van der Waals surface area contributed by atoms with Crippen LogP contribution in [0, 0.1) is 18.8 Å². The summed E-state index contributed by atoms with van der Waals surface area (Å²) in [6.07, 6.45) is 0. The highest BCUT2D eigenvalue weighted by atomic mass is 35.5. The van der Waals surface area contributed by atoms with Crippen molar-refractivity contribution in [3.05, 3.63) is 53.1 Å². The number of halogens is 1. The van der Waals surface area contributed by atoms with Gasteiger partial charge >= 0.3 is 0 Å². The molecular formula is C19H21ClN2O. The molecule has 4 heteroatoms. The summed E-state index contributed by atoms with van der Waals surface area (Å²) < 4.78 is 0. The molecule has 2 aromatic carbocycles. The molecule has 3 rings (SSSR count). The van der Waals surface area contributed by atoms with Crippen LogP contribution in [-0.4, -0.2) is 19.0 Å². The molecule has 1 saturated heterocycles. The molecule has 1 aliphatic rings. The molecule has 23 heavy (non-hydrogen) atoms. The normalized spacial score (nSPS) is 15.8. The Balaban J connectivity index is 1.75. The van der Waals surface area contributed by atoms with Gasteiger partial charge < -0.3 is 10.6 Å². The molecule has 0 bridgehead atoms. The number of hydrogen-bond donors (Lipinski definition) is 2. The van der Waals surface area contributed by atoms with Gasteiger partial charge in [0.25, 0.3) is 0 Å². The Hall–Kier alpha value is -1.84. The van der Waals surface area contributed by atoms with Crippen LogP contribution in [0.3, 0.4) is 0 Å². The van der Waals surface area contributed by atoms with Crippen LogP contribution in [0.25, 0.3) is 11.1 Å². The maximum atomic E-state index is 12.3. The molecule has 0 aliphatic carbocycles. The molecule has 0 radical (unpaired) electrons. The molecule has 1 unspecified atom stereocenters. The van der Waals surface area contributed by atoms with E-state index in [1.54, 1.807) is 0 Å². The number of aryl methyl sites for hydroxylation is 1. The van der Waals surface area contributed by atoms with Gasteiger partial charge in [-0.25, -0.2) is 0 Å². The summed E-state index contributed by atoms with van der Waals surface area (Å²) in [6, 6.07) is 13.8. The second kappa shape index (κ2) is 6.73. The molecule has 3 nitrogen and oxygen atoms in total. The van der Waals surface area contributed by atoms with Crippen molar-refractivity contribution >= 4 is 23.2 Å². The average molecular weight is 329 g/mol. The fourth-order valence-electron chi connectivity index (χ4n) is 2.78. The van der Waals surface area contributed by atoms with Crippen LogP contribution >= 0.6 is 11.6 Å². The predicted molar refractivity (Wildman–Crippen MR) is 95.8 cm³/mol. The van der Waals surface area contributed by atoms with Gasteiger partial charge in [-0.2, -0.15) is 0 Å². The molecule has 1 fully saturated rings. The molecule has 0 aromatic heterocycles. The van der Waals surface area contributed by atoms with Gasteiger partial charge in [-0.15, -0.1) is 0 Å². The number of rotatable bonds is 4.